The minimum absolute atomic E-state index is 0.208. The van der Waals surface area contributed by atoms with Crippen molar-refractivity contribution in [1.82, 2.24) is 0 Å². The molecule has 0 radical (unpaired) electrons. The zero-order chi connectivity index (χ0) is 11.7. The van der Waals surface area contributed by atoms with Crippen LogP contribution in [0.4, 0.5) is 4.39 Å². The van der Waals surface area contributed by atoms with Crippen LogP contribution in [-0.4, -0.2) is 5.11 Å². The van der Waals surface area contributed by atoms with Gasteiger partial charge in [0.25, 0.3) is 0 Å². The predicted molar refractivity (Wildman–Crippen MR) is 63.0 cm³/mol. The number of halogens is 1. The molecule has 0 fully saturated rings. The van der Waals surface area contributed by atoms with Gasteiger partial charge in [-0.1, -0.05) is 12.1 Å². The Labute approximate surface area is 94.2 Å². The zero-order valence-electron chi connectivity index (χ0n) is 9.29. The zero-order valence-corrected chi connectivity index (χ0v) is 9.29. The summed E-state index contributed by atoms with van der Waals surface area (Å²) in [6.07, 6.45) is 0. The fourth-order valence-corrected chi connectivity index (χ4v) is 1.75. The number of hydrogen-bond acceptors (Lipinski definition) is 1. The number of aryl methyl sites for hydroxylation is 2. The molecule has 0 heterocycles. The van der Waals surface area contributed by atoms with E-state index in [1.54, 1.807) is 31.2 Å². The monoisotopic (exact) mass is 216 g/mol. The highest BCUT2D eigenvalue weighted by Crippen LogP contribution is 2.26. The number of phenolic OH excluding ortho intramolecular Hbond substituents is 1. The maximum Gasteiger partial charge on any atom is 0.126 e. The Morgan fingerprint density at radius 1 is 0.938 bits per heavy atom. The minimum atomic E-state index is -0.208. The minimum Gasteiger partial charge on any atom is -0.508 e. The van der Waals surface area contributed by atoms with Crippen LogP contribution in [0.25, 0.3) is 11.1 Å². The molecule has 0 saturated heterocycles. The van der Waals surface area contributed by atoms with Gasteiger partial charge < -0.3 is 5.11 Å². The molecule has 0 aromatic heterocycles. The van der Waals surface area contributed by atoms with Gasteiger partial charge in [0.05, 0.1) is 0 Å². The van der Waals surface area contributed by atoms with Crippen LogP contribution in [-0.2, 0) is 0 Å². The fraction of sp³-hybridized carbons (Fsp3) is 0.143. The van der Waals surface area contributed by atoms with E-state index < -0.39 is 0 Å². The van der Waals surface area contributed by atoms with E-state index in [1.807, 2.05) is 13.0 Å². The lowest BCUT2D eigenvalue weighted by molar-refractivity contribution is 0.475. The summed E-state index contributed by atoms with van der Waals surface area (Å²) < 4.78 is 13.1. The van der Waals surface area contributed by atoms with Crippen LogP contribution < -0.4 is 0 Å². The van der Waals surface area contributed by atoms with E-state index in [2.05, 4.69) is 0 Å². The maximum absolute atomic E-state index is 13.1. The van der Waals surface area contributed by atoms with E-state index >= 15 is 0 Å². The van der Waals surface area contributed by atoms with E-state index in [1.165, 1.54) is 6.07 Å². The van der Waals surface area contributed by atoms with Gasteiger partial charge in [0, 0.05) is 0 Å². The highest BCUT2D eigenvalue weighted by Gasteiger charge is 2.03. The van der Waals surface area contributed by atoms with Crippen LogP contribution in [0, 0.1) is 19.7 Å². The number of rotatable bonds is 1. The van der Waals surface area contributed by atoms with Crippen molar-refractivity contribution in [3.05, 3.63) is 53.3 Å². The lowest BCUT2D eigenvalue weighted by atomic mass is 10.0. The SMILES string of the molecule is Cc1cc(O)cc(-c2ccc(F)c(C)c2)c1. The number of phenols is 1. The van der Waals surface area contributed by atoms with Crippen LogP contribution in [0.1, 0.15) is 11.1 Å². The van der Waals surface area contributed by atoms with Crippen LogP contribution in [0.3, 0.4) is 0 Å². The fourth-order valence-electron chi connectivity index (χ4n) is 1.75. The van der Waals surface area contributed by atoms with E-state index in [0.29, 0.717) is 5.56 Å². The first-order valence-corrected chi connectivity index (χ1v) is 5.13. The Kier molecular flexibility index (Phi) is 2.65. The second-order valence-corrected chi connectivity index (χ2v) is 4.02. The van der Waals surface area contributed by atoms with Gasteiger partial charge in [-0.15, -0.1) is 0 Å². The Morgan fingerprint density at radius 3 is 2.31 bits per heavy atom. The molecule has 0 aliphatic heterocycles. The predicted octanol–water partition coefficient (Wildman–Crippen LogP) is 3.82. The number of benzene rings is 2. The quantitative estimate of drug-likeness (QED) is 0.768. The van der Waals surface area contributed by atoms with Crippen LogP contribution in [0.5, 0.6) is 5.75 Å². The van der Waals surface area contributed by atoms with E-state index in [0.717, 1.165) is 16.7 Å². The summed E-state index contributed by atoms with van der Waals surface area (Å²) in [5.74, 6) is 0.0256. The topological polar surface area (TPSA) is 20.2 Å². The van der Waals surface area contributed by atoms with Gasteiger partial charge in [-0.3, -0.25) is 0 Å². The number of hydrogen-bond donors (Lipinski definition) is 1. The first-order chi connectivity index (χ1) is 7.56. The maximum atomic E-state index is 13.1. The smallest absolute Gasteiger partial charge is 0.126 e. The summed E-state index contributed by atoms with van der Waals surface area (Å²) in [5, 5.41) is 9.51. The molecule has 0 aliphatic carbocycles. The van der Waals surface area contributed by atoms with Crippen molar-refractivity contribution in [2.45, 2.75) is 13.8 Å². The first kappa shape index (κ1) is 10.7. The summed E-state index contributed by atoms with van der Waals surface area (Å²) in [7, 11) is 0. The van der Waals surface area contributed by atoms with Crippen molar-refractivity contribution in [3.63, 3.8) is 0 Å². The average Bonchev–Trinajstić information content (AvgIpc) is 2.20. The molecule has 2 aromatic carbocycles. The Morgan fingerprint density at radius 2 is 1.69 bits per heavy atom. The largest absolute Gasteiger partial charge is 0.508 e. The molecule has 1 N–H and O–H groups in total. The second-order valence-electron chi connectivity index (χ2n) is 4.02. The summed E-state index contributed by atoms with van der Waals surface area (Å²) in [5.41, 5.74) is 3.41. The van der Waals surface area contributed by atoms with Gasteiger partial charge in [-0.05, 0) is 60.4 Å². The van der Waals surface area contributed by atoms with Gasteiger partial charge in [-0.2, -0.15) is 0 Å². The average molecular weight is 216 g/mol. The van der Waals surface area contributed by atoms with E-state index in [-0.39, 0.29) is 11.6 Å². The highest BCUT2D eigenvalue weighted by molar-refractivity contribution is 5.66. The molecule has 0 spiro atoms. The van der Waals surface area contributed by atoms with E-state index in [9.17, 15) is 9.50 Å². The molecule has 0 atom stereocenters. The Hall–Kier alpha value is -1.83. The Bertz CT molecular complexity index is 512. The lowest BCUT2D eigenvalue weighted by Gasteiger charge is -2.06. The summed E-state index contributed by atoms with van der Waals surface area (Å²) in [6.45, 7) is 3.65. The molecule has 2 heteroatoms. The Balaban J connectivity index is 2.54. The van der Waals surface area contributed by atoms with Gasteiger partial charge in [0.2, 0.25) is 0 Å². The van der Waals surface area contributed by atoms with Gasteiger partial charge in [0.15, 0.2) is 0 Å². The van der Waals surface area contributed by atoms with Gasteiger partial charge in [0.1, 0.15) is 11.6 Å². The van der Waals surface area contributed by atoms with Crippen molar-refractivity contribution in [2.75, 3.05) is 0 Å². The molecule has 0 aliphatic rings. The summed E-state index contributed by atoms with van der Waals surface area (Å²) >= 11 is 0. The molecule has 1 nitrogen and oxygen atoms in total. The van der Waals surface area contributed by atoms with Crippen molar-refractivity contribution in [1.29, 1.82) is 0 Å². The molecule has 2 rings (SSSR count). The van der Waals surface area contributed by atoms with Gasteiger partial charge in [-0.25, -0.2) is 4.39 Å². The third-order valence-electron chi connectivity index (χ3n) is 2.55. The molecular weight excluding hydrogens is 203 g/mol. The first-order valence-electron chi connectivity index (χ1n) is 5.13. The molecule has 0 saturated carbocycles. The standard InChI is InChI=1S/C14H13FO/c1-9-5-12(8-13(16)6-9)11-3-4-14(15)10(2)7-11/h3-8,16H,1-2H3. The molecule has 0 bridgehead atoms. The van der Waals surface area contributed by atoms with E-state index in [4.69, 9.17) is 0 Å². The van der Waals surface area contributed by atoms with Crippen molar-refractivity contribution in [2.24, 2.45) is 0 Å². The van der Waals surface area contributed by atoms with Crippen molar-refractivity contribution >= 4 is 0 Å². The molecular formula is C14H13FO. The third kappa shape index (κ3) is 2.06. The van der Waals surface area contributed by atoms with Crippen LogP contribution >= 0.6 is 0 Å². The molecule has 0 unspecified atom stereocenters. The number of aromatic hydroxyl groups is 1. The van der Waals surface area contributed by atoms with Crippen molar-refractivity contribution in [3.8, 4) is 16.9 Å². The van der Waals surface area contributed by atoms with Crippen molar-refractivity contribution < 1.29 is 9.50 Å². The normalized spacial score (nSPS) is 10.4. The second kappa shape index (κ2) is 3.97. The highest BCUT2D eigenvalue weighted by atomic mass is 19.1. The van der Waals surface area contributed by atoms with Gasteiger partial charge >= 0.3 is 0 Å². The molecule has 82 valence electrons. The summed E-state index contributed by atoms with van der Waals surface area (Å²) in [4.78, 5) is 0. The lowest BCUT2D eigenvalue weighted by Crippen LogP contribution is -1.85. The molecule has 0 amide bonds. The van der Waals surface area contributed by atoms with Crippen LogP contribution in [0.2, 0.25) is 0 Å². The summed E-state index contributed by atoms with van der Waals surface area (Å²) in [6, 6.07) is 10.3. The molecule has 2 aromatic rings. The third-order valence-corrected chi connectivity index (χ3v) is 2.55. The van der Waals surface area contributed by atoms with Crippen LogP contribution in [0.15, 0.2) is 36.4 Å². The molecule has 16 heavy (non-hydrogen) atoms.